The third-order valence-electron chi connectivity index (χ3n) is 3.10. The van der Waals surface area contributed by atoms with Gasteiger partial charge < -0.3 is 0 Å². The lowest BCUT2D eigenvalue weighted by Gasteiger charge is -2.26. The Hall–Kier alpha value is 0. The molecule has 1 fully saturated rings. The van der Waals surface area contributed by atoms with Gasteiger partial charge in [0.2, 0.25) is 0 Å². The molecule has 0 heterocycles. The number of hydrogen-bond donors (Lipinski definition) is 0. The zero-order valence-corrected chi connectivity index (χ0v) is 9.40. The van der Waals surface area contributed by atoms with Crippen LogP contribution in [0.25, 0.3) is 0 Å². The van der Waals surface area contributed by atoms with Crippen LogP contribution < -0.4 is 0 Å². The van der Waals surface area contributed by atoms with Crippen LogP contribution in [0, 0.1) is 11.8 Å². The molecule has 0 spiro atoms. The minimum atomic E-state index is 0. The molecule has 1 saturated carbocycles. The van der Waals surface area contributed by atoms with Crippen LogP contribution in [0.15, 0.2) is 0 Å². The average Bonchev–Trinajstić information content (AvgIpc) is 2.21. The van der Waals surface area contributed by atoms with Gasteiger partial charge in [0.25, 0.3) is 0 Å². The Morgan fingerprint density at radius 1 is 1.08 bits per heavy atom. The van der Waals surface area contributed by atoms with Crippen molar-refractivity contribution in [3.8, 4) is 0 Å². The summed E-state index contributed by atoms with van der Waals surface area (Å²) in [4.78, 5) is 0. The Morgan fingerprint density at radius 3 is 1.92 bits per heavy atom. The Balaban J connectivity index is 0. The highest BCUT2D eigenvalue weighted by Gasteiger charge is 2.17. The summed E-state index contributed by atoms with van der Waals surface area (Å²) >= 11 is 0. The highest BCUT2D eigenvalue weighted by molar-refractivity contribution is 4.69. The maximum Gasteiger partial charge on any atom is -0.0389 e. The molecular weight excluding hydrogens is 156 g/mol. The highest BCUT2D eigenvalue weighted by atomic mass is 14.2. The molecule has 82 valence electrons. The van der Waals surface area contributed by atoms with Gasteiger partial charge in [-0.15, -0.1) is 0 Å². The van der Waals surface area contributed by atoms with Gasteiger partial charge in [0.15, 0.2) is 0 Å². The van der Waals surface area contributed by atoms with E-state index in [9.17, 15) is 0 Å². The minimum Gasteiger partial charge on any atom is -0.0776 e. The van der Waals surface area contributed by atoms with E-state index >= 15 is 0 Å². The fourth-order valence-electron chi connectivity index (χ4n) is 2.04. The fourth-order valence-corrected chi connectivity index (χ4v) is 2.04. The summed E-state index contributed by atoms with van der Waals surface area (Å²) in [5.41, 5.74) is 0. The van der Waals surface area contributed by atoms with E-state index < -0.39 is 0 Å². The van der Waals surface area contributed by atoms with Crippen molar-refractivity contribution in [1.82, 2.24) is 0 Å². The van der Waals surface area contributed by atoms with E-state index in [0.717, 1.165) is 11.8 Å². The van der Waals surface area contributed by atoms with Crippen molar-refractivity contribution in [1.29, 1.82) is 0 Å². The van der Waals surface area contributed by atoms with E-state index in [1.165, 1.54) is 38.5 Å². The topological polar surface area (TPSA) is 0 Å². The van der Waals surface area contributed by atoms with Gasteiger partial charge >= 0.3 is 0 Å². The van der Waals surface area contributed by atoms with E-state index in [1.807, 2.05) is 13.8 Å². The quantitative estimate of drug-likeness (QED) is 0.551. The molecule has 13 heavy (non-hydrogen) atoms. The molecule has 0 aromatic rings. The van der Waals surface area contributed by atoms with Gasteiger partial charge in [-0.3, -0.25) is 0 Å². The first-order valence-electron chi connectivity index (χ1n) is 5.84. The molecule has 0 saturated heterocycles. The van der Waals surface area contributed by atoms with E-state index in [0.29, 0.717) is 0 Å². The minimum absolute atomic E-state index is 0. The largest absolute Gasteiger partial charge is 0.0776 e. The predicted octanol–water partition coefficient (Wildman–Crippen LogP) is 5.28. The summed E-state index contributed by atoms with van der Waals surface area (Å²) in [6.45, 7) is 8.73. The zero-order valence-electron chi connectivity index (χ0n) is 9.40. The van der Waals surface area contributed by atoms with Gasteiger partial charge in [-0.2, -0.15) is 0 Å². The molecule has 1 aliphatic rings. The van der Waals surface area contributed by atoms with E-state index in [4.69, 9.17) is 0 Å². The first kappa shape index (κ1) is 15.5. The first-order chi connectivity index (χ1) is 5.84. The summed E-state index contributed by atoms with van der Waals surface area (Å²) in [5.74, 6) is 2.05. The molecule has 1 atom stereocenters. The van der Waals surface area contributed by atoms with Crippen LogP contribution in [-0.2, 0) is 0 Å². The smallest absolute Gasteiger partial charge is 0.0389 e. The Bertz CT molecular complexity index is 80.0. The second kappa shape index (κ2) is 10.1. The highest BCUT2D eigenvalue weighted by Crippen LogP contribution is 2.30. The Kier molecular flexibility index (Phi) is 12.0. The molecule has 0 N–H and O–H groups in total. The second-order valence-corrected chi connectivity index (χ2v) is 3.78. The Morgan fingerprint density at radius 2 is 1.54 bits per heavy atom. The maximum absolute atomic E-state index is 2.41. The molecule has 0 amide bonds. The third kappa shape index (κ3) is 6.12. The van der Waals surface area contributed by atoms with Crippen LogP contribution in [0.2, 0.25) is 0 Å². The molecule has 0 radical (unpaired) electrons. The second-order valence-electron chi connectivity index (χ2n) is 3.78. The van der Waals surface area contributed by atoms with Gasteiger partial charge in [0.05, 0.1) is 0 Å². The standard InChI is InChI=1S/C10H20.C2H6.CH4/c1-3-9(2)10-7-5-4-6-8-10;1-2;/h9-10H,3-8H2,1-2H3;1-2H3;1H4. The lowest BCUT2D eigenvalue weighted by Crippen LogP contribution is -2.14. The molecule has 1 aliphatic carbocycles. The molecule has 0 aromatic heterocycles. The van der Waals surface area contributed by atoms with E-state index in [1.54, 1.807) is 0 Å². The molecule has 0 aromatic carbocycles. The van der Waals surface area contributed by atoms with Gasteiger partial charge in [0, 0.05) is 0 Å². The van der Waals surface area contributed by atoms with Crippen molar-refractivity contribution >= 4 is 0 Å². The average molecular weight is 186 g/mol. The van der Waals surface area contributed by atoms with Crippen molar-refractivity contribution in [2.45, 2.75) is 73.6 Å². The summed E-state index contributed by atoms with van der Waals surface area (Å²) in [6.07, 6.45) is 8.88. The normalized spacial score (nSPS) is 19.4. The fraction of sp³-hybridized carbons (Fsp3) is 1.00. The third-order valence-corrected chi connectivity index (χ3v) is 3.10. The van der Waals surface area contributed by atoms with Crippen LogP contribution in [-0.4, -0.2) is 0 Å². The summed E-state index contributed by atoms with van der Waals surface area (Å²) in [5, 5.41) is 0. The van der Waals surface area contributed by atoms with Crippen LogP contribution in [0.1, 0.15) is 73.6 Å². The summed E-state index contributed by atoms with van der Waals surface area (Å²) < 4.78 is 0. The molecule has 0 aliphatic heterocycles. The van der Waals surface area contributed by atoms with Crippen molar-refractivity contribution in [2.75, 3.05) is 0 Å². The van der Waals surface area contributed by atoms with Gasteiger partial charge in [-0.05, 0) is 11.8 Å². The van der Waals surface area contributed by atoms with Gasteiger partial charge in [0.1, 0.15) is 0 Å². The monoisotopic (exact) mass is 186 g/mol. The molecular formula is C13H30. The molecule has 0 heteroatoms. The van der Waals surface area contributed by atoms with Crippen molar-refractivity contribution < 1.29 is 0 Å². The van der Waals surface area contributed by atoms with Crippen LogP contribution in [0.4, 0.5) is 0 Å². The van der Waals surface area contributed by atoms with Crippen LogP contribution in [0.3, 0.4) is 0 Å². The van der Waals surface area contributed by atoms with E-state index in [-0.39, 0.29) is 7.43 Å². The number of rotatable bonds is 2. The number of hydrogen-bond acceptors (Lipinski definition) is 0. The van der Waals surface area contributed by atoms with Crippen molar-refractivity contribution in [3.63, 3.8) is 0 Å². The predicted molar refractivity (Wildman–Crippen MR) is 64.1 cm³/mol. The first-order valence-corrected chi connectivity index (χ1v) is 5.84. The van der Waals surface area contributed by atoms with Crippen molar-refractivity contribution in [2.24, 2.45) is 11.8 Å². The lowest BCUT2D eigenvalue weighted by atomic mass is 9.80. The summed E-state index contributed by atoms with van der Waals surface area (Å²) in [6, 6.07) is 0. The van der Waals surface area contributed by atoms with Crippen LogP contribution in [0.5, 0.6) is 0 Å². The molecule has 0 nitrogen and oxygen atoms in total. The molecule has 0 bridgehead atoms. The van der Waals surface area contributed by atoms with Crippen LogP contribution >= 0.6 is 0 Å². The SMILES string of the molecule is C.CC.CCC(C)C1CCCCC1. The van der Waals surface area contributed by atoms with E-state index in [2.05, 4.69) is 13.8 Å². The molecule has 1 rings (SSSR count). The molecule has 1 unspecified atom stereocenters. The zero-order chi connectivity index (χ0) is 9.40. The van der Waals surface area contributed by atoms with Gasteiger partial charge in [-0.1, -0.05) is 73.6 Å². The summed E-state index contributed by atoms with van der Waals surface area (Å²) in [7, 11) is 0. The lowest BCUT2D eigenvalue weighted by molar-refractivity contribution is 0.258. The Labute approximate surface area is 86.1 Å². The van der Waals surface area contributed by atoms with Gasteiger partial charge in [-0.25, -0.2) is 0 Å². The van der Waals surface area contributed by atoms with Crippen molar-refractivity contribution in [3.05, 3.63) is 0 Å². The maximum atomic E-state index is 2.41.